The minimum absolute atomic E-state index is 0.00465. The largest absolute Gasteiger partial charge is 0.547 e. The monoisotopic (exact) mass is 311 g/mol. The number of likely N-dealkylation sites (tertiary alicyclic amines) is 1. The average Bonchev–Trinajstić information content (AvgIpc) is 2.70. The number of carboxylic acids is 1. The van der Waals surface area contributed by atoms with E-state index in [0.717, 1.165) is 0 Å². The summed E-state index contributed by atoms with van der Waals surface area (Å²) in [6, 6.07) is -0.787. The van der Waals surface area contributed by atoms with Crippen LogP contribution >= 0.6 is 0 Å². The summed E-state index contributed by atoms with van der Waals surface area (Å²) in [5.41, 5.74) is 0. The Bertz CT molecular complexity index is 355. The zero-order chi connectivity index (χ0) is 16.3. The van der Waals surface area contributed by atoms with Crippen molar-refractivity contribution in [2.24, 2.45) is 0 Å². The molecule has 10 heteroatoms. The van der Waals surface area contributed by atoms with Crippen molar-refractivity contribution in [3.8, 4) is 0 Å². The first-order valence-electron chi connectivity index (χ1n) is 6.45. The molecule has 0 aromatic heterocycles. The lowest BCUT2D eigenvalue weighted by atomic mass is 10.0. The van der Waals surface area contributed by atoms with Crippen molar-refractivity contribution in [2.75, 3.05) is 19.7 Å². The summed E-state index contributed by atoms with van der Waals surface area (Å²) in [6.07, 6.45) is -10.5. The number of hydrogen-bond acceptors (Lipinski definition) is 9. The van der Waals surface area contributed by atoms with Gasteiger partial charge in [-0.1, -0.05) is 0 Å². The van der Waals surface area contributed by atoms with Crippen LogP contribution in [0.15, 0.2) is 0 Å². The second kappa shape index (κ2) is 7.42. The third-order valence-corrected chi connectivity index (χ3v) is 3.78. The maximum Gasteiger partial charge on any atom is 0.140 e. The molecule has 0 radical (unpaired) electrons. The third-order valence-electron chi connectivity index (χ3n) is 3.78. The number of rotatable bonds is 7. The molecule has 8 unspecified atom stereocenters. The molecule has 1 rings (SSSR count). The molecule has 0 amide bonds. The number of carboxylic acid groups (broad SMARTS) is 1. The van der Waals surface area contributed by atoms with Crippen LogP contribution in [0.2, 0.25) is 0 Å². The van der Waals surface area contributed by atoms with Crippen molar-refractivity contribution in [3.05, 3.63) is 0 Å². The van der Waals surface area contributed by atoms with Crippen molar-refractivity contribution < 1.29 is 50.5 Å². The van der Waals surface area contributed by atoms with Crippen LogP contribution in [0.4, 0.5) is 0 Å². The Morgan fingerprint density at radius 1 is 1.19 bits per heavy atom. The molecule has 10 nitrogen and oxygen atoms in total. The number of carbonyl (C=O) groups is 1. The van der Waals surface area contributed by atoms with Gasteiger partial charge in [0.15, 0.2) is 0 Å². The molecular weight excluding hydrogens is 290 g/mol. The molecule has 1 fully saturated rings. The van der Waals surface area contributed by atoms with Gasteiger partial charge < -0.3 is 50.5 Å². The number of nitrogens with one attached hydrogen (secondary N) is 1. The van der Waals surface area contributed by atoms with Gasteiger partial charge in [0.05, 0.1) is 12.6 Å². The fourth-order valence-corrected chi connectivity index (χ4v) is 2.47. The molecule has 1 heterocycles. The highest BCUT2D eigenvalue weighted by molar-refractivity contribution is 5.70. The molecule has 8 atom stereocenters. The van der Waals surface area contributed by atoms with Gasteiger partial charge in [-0.25, -0.2) is 0 Å². The third kappa shape index (κ3) is 4.08. The molecule has 0 bridgehead atoms. The quantitative estimate of drug-likeness (QED) is 0.226. The van der Waals surface area contributed by atoms with Crippen molar-refractivity contribution in [1.29, 1.82) is 0 Å². The molecule has 0 spiro atoms. The molecule has 0 aromatic rings. The highest BCUT2D eigenvalue weighted by Crippen LogP contribution is 2.06. The summed E-state index contributed by atoms with van der Waals surface area (Å²) in [5, 5.41) is 76.4. The SMILES string of the molecule is O=C([O-])C(O)C(O)C(O)C(O)C[NH+]1CC(O)C(O)C1CO. The van der Waals surface area contributed by atoms with Crippen LogP contribution in [-0.4, -0.2) is 104 Å². The summed E-state index contributed by atoms with van der Waals surface area (Å²) >= 11 is 0. The molecular formula is C11H21NO9. The van der Waals surface area contributed by atoms with Crippen LogP contribution in [0, 0.1) is 0 Å². The summed E-state index contributed by atoms with van der Waals surface area (Å²) in [5.74, 6) is -2.00. The second-order valence-electron chi connectivity index (χ2n) is 5.23. The molecule has 0 saturated carbocycles. The van der Waals surface area contributed by atoms with Gasteiger partial charge >= 0.3 is 0 Å². The number of aliphatic hydroxyl groups is 7. The molecule has 0 aromatic carbocycles. The van der Waals surface area contributed by atoms with Crippen molar-refractivity contribution in [1.82, 2.24) is 0 Å². The lowest BCUT2D eigenvalue weighted by Gasteiger charge is -2.29. The van der Waals surface area contributed by atoms with E-state index in [4.69, 9.17) is 10.2 Å². The first kappa shape index (κ1) is 18.2. The maximum atomic E-state index is 10.4. The van der Waals surface area contributed by atoms with Crippen LogP contribution in [0.3, 0.4) is 0 Å². The highest BCUT2D eigenvalue weighted by atomic mass is 16.4. The van der Waals surface area contributed by atoms with Crippen LogP contribution in [0.5, 0.6) is 0 Å². The topological polar surface area (TPSA) is 186 Å². The Labute approximate surface area is 120 Å². The standard InChI is InChI=1S/C11H21NO9/c13-3-4-7(16)5(14)1-12(4)2-6(15)8(17)9(18)10(19)11(20)21/h4-10,13-19H,1-3H2,(H,20,21). The lowest BCUT2D eigenvalue weighted by molar-refractivity contribution is -0.919. The zero-order valence-electron chi connectivity index (χ0n) is 11.1. The first-order chi connectivity index (χ1) is 9.70. The first-order valence-corrected chi connectivity index (χ1v) is 6.45. The predicted molar refractivity (Wildman–Crippen MR) is 62.6 cm³/mol. The van der Waals surface area contributed by atoms with Gasteiger partial charge in [-0.2, -0.15) is 0 Å². The van der Waals surface area contributed by atoms with E-state index in [-0.39, 0.29) is 13.1 Å². The smallest absolute Gasteiger partial charge is 0.140 e. The van der Waals surface area contributed by atoms with Gasteiger partial charge in [0.2, 0.25) is 0 Å². The number of aliphatic hydroxyl groups excluding tert-OH is 7. The normalized spacial score (nSPS) is 35.2. The Morgan fingerprint density at radius 2 is 1.76 bits per heavy atom. The van der Waals surface area contributed by atoms with E-state index in [9.17, 15) is 35.4 Å². The highest BCUT2D eigenvalue weighted by Gasteiger charge is 2.45. The van der Waals surface area contributed by atoms with Gasteiger partial charge in [0.25, 0.3) is 0 Å². The predicted octanol–water partition coefficient (Wildman–Crippen LogP) is -7.84. The Balaban J connectivity index is 2.63. The minimum atomic E-state index is -2.37. The molecule has 0 aliphatic carbocycles. The number of hydrogen-bond donors (Lipinski definition) is 8. The molecule has 21 heavy (non-hydrogen) atoms. The summed E-state index contributed by atoms with van der Waals surface area (Å²) in [6.45, 7) is -0.757. The second-order valence-corrected chi connectivity index (χ2v) is 5.23. The molecule has 8 N–H and O–H groups in total. The summed E-state index contributed by atoms with van der Waals surface area (Å²) < 4.78 is 0. The minimum Gasteiger partial charge on any atom is -0.547 e. The van der Waals surface area contributed by atoms with Crippen LogP contribution in [0.25, 0.3) is 0 Å². The Morgan fingerprint density at radius 3 is 2.24 bits per heavy atom. The van der Waals surface area contributed by atoms with Gasteiger partial charge in [-0.15, -0.1) is 0 Å². The number of carbonyl (C=O) groups excluding carboxylic acids is 1. The molecule has 1 saturated heterocycles. The van der Waals surface area contributed by atoms with Crippen LogP contribution < -0.4 is 10.0 Å². The molecule has 1 aliphatic rings. The van der Waals surface area contributed by atoms with Gasteiger partial charge in [0, 0.05) is 0 Å². The van der Waals surface area contributed by atoms with Crippen LogP contribution in [0.1, 0.15) is 0 Å². The van der Waals surface area contributed by atoms with Gasteiger partial charge in [-0.3, -0.25) is 0 Å². The Kier molecular flexibility index (Phi) is 6.43. The van der Waals surface area contributed by atoms with Crippen molar-refractivity contribution >= 4 is 5.97 Å². The van der Waals surface area contributed by atoms with Crippen LogP contribution in [-0.2, 0) is 4.79 Å². The van der Waals surface area contributed by atoms with Gasteiger partial charge in [-0.05, 0) is 0 Å². The van der Waals surface area contributed by atoms with E-state index in [0.29, 0.717) is 4.90 Å². The molecule has 124 valence electrons. The van der Waals surface area contributed by atoms with E-state index >= 15 is 0 Å². The number of aliphatic carboxylic acids is 1. The fraction of sp³-hybridized carbons (Fsp3) is 0.909. The van der Waals surface area contributed by atoms with E-state index in [1.54, 1.807) is 0 Å². The zero-order valence-corrected chi connectivity index (χ0v) is 11.1. The van der Waals surface area contributed by atoms with Gasteiger partial charge in [0.1, 0.15) is 55.8 Å². The molecule has 1 aliphatic heterocycles. The van der Waals surface area contributed by atoms with E-state index in [2.05, 4.69) is 0 Å². The summed E-state index contributed by atoms with van der Waals surface area (Å²) in [7, 11) is 0. The summed E-state index contributed by atoms with van der Waals surface area (Å²) in [4.78, 5) is 10.8. The van der Waals surface area contributed by atoms with Crippen molar-refractivity contribution in [2.45, 2.75) is 42.7 Å². The lowest BCUT2D eigenvalue weighted by Crippen LogP contribution is -3.16. The van der Waals surface area contributed by atoms with E-state index in [1.807, 2.05) is 0 Å². The fourth-order valence-electron chi connectivity index (χ4n) is 2.47. The average molecular weight is 311 g/mol. The number of quaternary nitrogens is 1. The van der Waals surface area contributed by atoms with E-state index in [1.165, 1.54) is 0 Å². The Hall–Kier alpha value is -0.850. The van der Waals surface area contributed by atoms with E-state index < -0.39 is 55.2 Å². The maximum absolute atomic E-state index is 10.4. The van der Waals surface area contributed by atoms with Crippen molar-refractivity contribution in [3.63, 3.8) is 0 Å².